The number of hydrogen-bond acceptors (Lipinski definition) is 2. The van der Waals surface area contributed by atoms with Gasteiger partial charge in [-0.3, -0.25) is 0 Å². The largest absolute Gasteiger partial charge is 0.388 e. The van der Waals surface area contributed by atoms with Gasteiger partial charge >= 0.3 is 0 Å². The molecule has 0 fully saturated rings. The van der Waals surface area contributed by atoms with E-state index in [2.05, 4.69) is 0 Å². The molecule has 0 aliphatic heterocycles. The van der Waals surface area contributed by atoms with Crippen LogP contribution in [-0.2, 0) is 6.42 Å². The highest BCUT2D eigenvalue weighted by Crippen LogP contribution is 2.31. The predicted molar refractivity (Wildman–Crippen MR) is 76.8 cm³/mol. The summed E-state index contributed by atoms with van der Waals surface area (Å²) < 4.78 is 27.2. The first kappa shape index (κ1) is 13.2. The molecule has 1 atom stereocenters. The van der Waals surface area contributed by atoms with Gasteiger partial charge in [0.1, 0.15) is 0 Å². The fourth-order valence-electron chi connectivity index (χ4n) is 2.26. The molecule has 102 valence electrons. The summed E-state index contributed by atoms with van der Waals surface area (Å²) in [6.45, 7) is 0. The van der Waals surface area contributed by atoms with Gasteiger partial charge in [-0.2, -0.15) is 0 Å². The van der Waals surface area contributed by atoms with Crippen LogP contribution in [0.3, 0.4) is 0 Å². The van der Waals surface area contributed by atoms with E-state index in [-0.39, 0.29) is 6.42 Å². The molecule has 1 aromatic heterocycles. The standard InChI is InChI=1S/C16H12F2OS/c17-13-6-5-10(7-14(13)18)8-15(19)12-9-20-16-4-2-1-3-11(12)16/h1-7,9,15,19H,8H2. The number of halogens is 2. The lowest BCUT2D eigenvalue weighted by atomic mass is 10.0. The zero-order valence-corrected chi connectivity index (χ0v) is 11.3. The molecule has 0 aliphatic carbocycles. The Bertz CT molecular complexity index is 751. The zero-order valence-electron chi connectivity index (χ0n) is 10.5. The van der Waals surface area contributed by atoms with Crippen molar-refractivity contribution < 1.29 is 13.9 Å². The minimum absolute atomic E-state index is 0.262. The fraction of sp³-hybridized carbons (Fsp3) is 0.125. The van der Waals surface area contributed by atoms with Gasteiger partial charge in [0.25, 0.3) is 0 Å². The number of hydrogen-bond donors (Lipinski definition) is 1. The van der Waals surface area contributed by atoms with Gasteiger partial charge in [-0.1, -0.05) is 24.3 Å². The van der Waals surface area contributed by atoms with Crippen molar-refractivity contribution in [1.82, 2.24) is 0 Å². The zero-order chi connectivity index (χ0) is 14.1. The van der Waals surface area contributed by atoms with Crippen LogP contribution in [0.2, 0.25) is 0 Å². The van der Waals surface area contributed by atoms with Gasteiger partial charge in [0.05, 0.1) is 6.10 Å². The van der Waals surface area contributed by atoms with Crippen LogP contribution in [0.4, 0.5) is 8.78 Å². The fourth-order valence-corrected chi connectivity index (χ4v) is 3.26. The lowest BCUT2D eigenvalue weighted by Crippen LogP contribution is -2.01. The number of aliphatic hydroxyl groups excluding tert-OH is 1. The van der Waals surface area contributed by atoms with Crippen molar-refractivity contribution in [3.8, 4) is 0 Å². The maximum absolute atomic E-state index is 13.2. The Kier molecular flexibility index (Phi) is 3.51. The van der Waals surface area contributed by atoms with E-state index in [1.54, 1.807) is 11.3 Å². The molecule has 0 saturated carbocycles. The van der Waals surface area contributed by atoms with Gasteiger partial charge in [-0.05, 0) is 40.1 Å². The van der Waals surface area contributed by atoms with E-state index in [1.165, 1.54) is 6.07 Å². The summed E-state index contributed by atoms with van der Waals surface area (Å²) in [6.07, 6.45) is -0.464. The second kappa shape index (κ2) is 5.31. The van der Waals surface area contributed by atoms with Crippen LogP contribution in [0, 0.1) is 11.6 Å². The van der Waals surface area contributed by atoms with Crippen molar-refractivity contribution in [1.29, 1.82) is 0 Å². The molecule has 3 rings (SSSR count). The van der Waals surface area contributed by atoms with E-state index < -0.39 is 17.7 Å². The number of aliphatic hydroxyl groups is 1. The average Bonchev–Trinajstić information content (AvgIpc) is 2.87. The summed E-state index contributed by atoms with van der Waals surface area (Å²) in [5.41, 5.74) is 1.40. The third-order valence-corrected chi connectivity index (χ3v) is 4.26. The molecule has 0 spiro atoms. The quantitative estimate of drug-likeness (QED) is 0.755. The van der Waals surface area contributed by atoms with Gasteiger partial charge in [-0.15, -0.1) is 11.3 Å². The molecule has 0 amide bonds. The first-order valence-electron chi connectivity index (χ1n) is 6.23. The molecule has 0 radical (unpaired) electrons. The minimum Gasteiger partial charge on any atom is -0.388 e. The van der Waals surface area contributed by atoms with E-state index in [4.69, 9.17) is 0 Å². The molecule has 3 aromatic rings. The van der Waals surface area contributed by atoms with Gasteiger partial charge < -0.3 is 5.11 Å². The Labute approximate surface area is 119 Å². The maximum Gasteiger partial charge on any atom is 0.159 e. The van der Waals surface area contributed by atoms with Crippen molar-refractivity contribution in [2.75, 3.05) is 0 Å². The van der Waals surface area contributed by atoms with Crippen LogP contribution in [0.15, 0.2) is 47.8 Å². The molecule has 1 nitrogen and oxygen atoms in total. The highest BCUT2D eigenvalue weighted by molar-refractivity contribution is 7.17. The highest BCUT2D eigenvalue weighted by atomic mass is 32.1. The Morgan fingerprint density at radius 2 is 1.85 bits per heavy atom. The summed E-state index contributed by atoms with van der Waals surface area (Å²) in [5.74, 6) is -1.76. The third-order valence-electron chi connectivity index (χ3n) is 3.28. The molecule has 0 bridgehead atoms. The molecular weight excluding hydrogens is 278 g/mol. The van der Waals surface area contributed by atoms with Gasteiger partial charge in [0, 0.05) is 11.1 Å². The van der Waals surface area contributed by atoms with E-state index in [0.717, 1.165) is 27.8 Å². The summed E-state index contributed by atoms with van der Waals surface area (Å²) >= 11 is 1.56. The molecule has 4 heteroatoms. The first-order valence-corrected chi connectivity index (χ1v) is 7.11. The molecule has 0 aliphatic rings. The van der Waals surface area contributed by atoms with Crippen molar-refractivity contribution in [2.24, 2.45) is 0 Å². The van der Waals surface area contributed by atoms with E-state index in [9.17, 15) is 13.9 Å². The van der Waals surface area contributed by atoms with Gasteiger partial charge in [0.2, 0.25) is 0 Å². The van der Waals surface area contributed by atoms with Crippen LogP contribution >= 0.6 is 11.3 Å². The molecule has 1 N–H and O–H groups in total. The van der Waals surface area contributed by atoms with E-state index >= 15 is 0 Å². The lowest BCUT2D eigenvalue weighted by molar-refractivity contribution is 0.180. The first-order chi connectivity index (χ1) is 9.65. The van der Waals surface area contributed by atoms with Crippen molar-refractivity contribution in [2.45, 2.75) is 12.5 Å². The molecule has 20 heavy (non-hydrogen) atoms. The Morgan fingerprint density at radius 1 is 1.05 bits per heavy atom. The van der Waals surface area contributed by atoms with Crippen molar-refractivity contribution in [3.05, 3.63) is 70.6 Å². The Morgan fingerprint density at radius 3 is 2.65 bits per heavy atom. The summed E-state index contributed by atoms with van der Waals surface area (Å²) in [5, 5.41) is 13.2. The number of fused-ring (bicyclic) bond motifs is 1. The summed E-state index contributed by atoms with van der Waals surface area (Å²) in [7, 11) is 0. The topological polar surface area (TPSA) is 20.2 Å². The number of thiophene rings is 1. The summed E-state index contributed by atoms with van der Waals surface area (Å²) in [4.78, 5) is 0. The molecule has 2 aromatic carbocycles. The number of rotatable bonds is 3. The predicted octanol–water partition coefficient (Wildman–Crippen LogP) is 4.46. The monoisotopic (exact) mass is 290 g/mol. The SMILES string of the molecule is OC(Cc1ccc(F)c(F)c1)c1csc2ccccc12. The molecule has 0 saturated heterocycles. The normalized spacial score (nSPS) is 12.8. The second-order valence-electron chi connectivity index (χ2n) is 4.66. The molecule has 1 heterocycles. The Hall–Kier alpha value is -1.78. The van der Waals surface area contributed by atoms with Gasteiger partial charge in [-0.25, -0.2) is 8.78 Å². The number of benzene rings is 2. The van der Waals surface area contributed by atoms with E-state index in [1.807, 2.05) is 29.6 Å². The van der Waals surface area contributed by atoms with Crippen LogP contribution in [-0.4, -0.2) is 5.11 Å². The van der Waals surface area contributed by atoms with Gasteiger partial charge in [0.15, 0.2) is 11.6 Å². The van der Waals surface area contributed by atoms with Crippen molar-refractivity contribution >= 4 is 21.4 Å². The molecular formula is C16H12F2OS. The smallest absolute Gasteiger partial charge is 0.159 e. The van der Waals surface area contributed by atoms with Crippen LogP contribution < -0.4 is 0 Å². The lowest BCUT2D eigenvalue weighted by Gasteiger charge is -2.10. The second-order valence-corrected chi connectivity index (χ2v) is 5.57. The Balaban J connectivity index is 1.89. The molecule has 1 unspecified atom stereocenters. The van der Waals surface area contributed by atoms with Crippen LogP contribution in [0.5, 0.6) is 0 Å². The minimum atomic E-state index is -0.884. The highest BCUT2D eigenvalue weighted by Gasteiger charge is 2.14. The van der Waals surface area contributed by atoms with Crippen molar-refractivity contribution in [3.63, 3.8) is 0 Å². The average molecular weight is 290 g/mol. The maximum atomic E-state index is 13.2. The summed E-state index contributed by atoms with van der Waals surface area (Å²) in [6, 6.07) is 11.5. The van der Waals surface area contributed by atoms with Crippen LogP contribution in [0.1, 0.15) is 17.2 Å². The van der Waals surface area contributed by atoms with E-state index in [0.29, 0.717) is 5.56 Å². The third kappa shape index (κ3) is 2.44. The van der Waals surface area contributed by atoms with Crippen LogP contribution in [0.25, 0.3) is 10.1 Å².